The molecule has 0 aromatic rings. The maximum absolute atomic E-state index is 12.5. The van der Waals surface area contributed by atoms with E-state index in [0.717, 1.165) is 38.5 Å². The van der Waals surface area contributed by atoms with Crippen LogP contribution in [-0.4, -0.2) is 30.2 Å². The molecule has 0 amide bonds. The molecule has 0 rings (SSSR count). The monoisotopic (exact) mass is 883 g/mol. The molecule has 0 fully saturated rings. The molecule has 0 bridgehead atoms. The minimum absolute atomic E-state index is 0. The largest absolute Gasteiger partial charge is 1.00 e. The molecule has 0 aromatic carbocycles. The van der Waals surface area contributed by atoms with Crippen LogP contribution in [0.15, 0.2) is 0 Å². The number of aliphatic carboxylic acids is 2. The quantitative estimate of drug-likeness (QED) is 0.0367. The summed E-state index contributed by atoms with van der Waals surface area (Å²) < 4.78 is 34.3. The third-order valence-electron chi connectivity index (χ3n) is 13.4. The summed E-state index contributed by atoms with van der Waals surface area (Å²) in [5.74, 6) is -3.79. The van der Waals surface area contributed by atoms with Gasteiger partial charge in [0.1, 0.15) is 5.25 Å². The molecule has 0 aromatic heterocycles. The van der Waals surface area contributed by atoms with Crippen molar-refractivity contribution in [2.45, 2.75) is 314 Å². The smallest absolute Gasteiger partial charge is 0.549 e. The van der Waals surface area contributed by atoms with Crippen LogP contribution >= 0.6 is 0 Å². The number of rotatable bonds is 50. The number of carboxylic acid groups (broad SMARTS) is 2. The molecular formula is C52H100Li2O7S. The molecule has 0 spiro atoms. The Hall–Kier alpha value is 0.0448. The van der Waals surface area contributed by atoms with Gasteiger partial charge in [0, 0.05) is 11.4 Å². The van der Waals surface area contributed by atoms with Gasteiger partial charge in [0.15, 0.2) is 0 Å². The Morgan fingerprint density at radius 2 is 0.532 bits per heavy atom. The minimum Gasteiger partial charge on any atom is -0.549 e. The molecule has 1 unspecified atom stereocenters. The first-order chi connectivity index (χ1) is 29.1. The molecule has 0 saturated carbocycles. The SMILES string of the molecule is CCCCCCCCCCCCCCCCCCCCCCCCC(CCCCCCCCCCCCCCCCCCCCCCCC)(C(=O)[O-])C(C(=O)[O-])S(=O)(=O)O.[Li+].[Li+]. The van der Waals surface area contributed by atoms with E-state index in [-0.39, 0.29) is 50.6 Å². The van der Waals surface area contributed by atoms with E-state index in [0.29, 0.717) is 25.7 Å². The summed E-state index contributed by atoms with van der Waals surface area (Å²) in [6, 6.07) is 0. The molecule has 62 heavy (non-hydrogen) atoms. The van der Waals surface area contributed by atoms with Crippen molar-refractivity contribution in [3.05, 3.63) is 0 Å². The Morgan fingerprint density at radius 3 is 0.661 bits per heavy atom. The Morgan fingerprint density at radius 1 is 0.371 bits per heavy atom. The van der Waals surface area contributed by atoms with E-state index < -0.39 is 32.7 Å². The van der Waals surface area contributed by atoms with Crippen LogP contribution in [-0.2, 0) is 19.7 Å². The fraction of sp³-hybridized carbons (Fsp3) is 0.962. The van der Waals surface area contributed by atoms with Gasteiger partial charge in [-0.05, 0) is 12.8 Å². The summed E-state index contributed by atoms with van der Waals surface area (Å²) in [5.41, 5.74) is -2.20. The Balaban J connectivity index is -0.0000174. The number of carbonyl (C=O) groups is 2. The molecule has 0 saturated heterocycles. The van der Waals surface area contributed by atoms with Crippen LogP contribution in [0.2, 0.25) is 0 Å². The van der Waals surface area contributed by atoms with Crippen molar-refractivity contribution >= 4 is 22.1 Å². The van der Waals surface area contributed by atoms with Gasteiger partial charge < -0.3 is 19.8 Å². The molecule has 0 aliphatic heterocycles. The molecule has 0 aliphatic rings. The van der Waals surface area contributed by atoms with Crippen molar-refractivity contribution in [3.8, 4) is 0 Å². The summed E-state index contributed by atoms with van der Waals surface area (Å²) >= 11 is 0. The summed E-state index contributed by atoms with van der Waals surface area (Å²) in [6.45, 7) is 4.54. The first kappa shape index (κ1) is 66.3. The van der Waals surface area contributed by atoms with Gasteiger partial charge in [0.05, 0.1) is 5.97 Å². The van der Waals surface area contributed by atoms with E-state index >= 15 is 0 Å². The molecule has 7 nitrogen and oxygen atoms in total. The van der Waals surface area contributed by atoms with Crippen LogP contribution in [0.3, 0.4) is 0 Å². The van der Waals surface area contributed by atoms with Gasteiger partial charge in [-0.2, -0.15) is 8.42 Å². The molecule has 0 heterocycles. The summed E-state index contributed by atoms with van der Waals surface area (Å²) in [4.78, 5) is 24.5. The summed E-state index contributed by atoms with van der Waals surface area (Å²) in [7, 11) is -5.20. The second-order valence-corrected chi connectivity index (χ2v) is 20.5. The van der Waals surface area contributed by atoms with Crippen LogP contribution < -0.4 is 47.9 Å². The predicted octanol–water partition coefficient (Wildman–Crippen LogP) is 8.72. The van der Waals surface area contributed by atoms with Gasteiger partial charge in [0.25, 0.3) is 10.1 Å². The first-order valence-corrected chi connectivity index (χ1v) is 28.0. The maximum atomic E-state index is 12.5. The number of unbranched alkanes of at least 4 members (excludes halogenated alkanes) is 42. The van der Waals surface area contributed by atoms with Crippen molar-refractivity contribution in [1.82, 2.24) is 0 Å². The summed E-state index contributed by atoms with van der Waals surface area (Å²) in [5, 5.41) is 22.0. The molecule has 1 N–H and O–H groups in total. The second kappa shape index (κ2) is 49.0. The zero-order valence-corrected chi connectivity index (χ0v) is 42.7. The van der Waals surface area contributed by atoms with Gasteiger partial charge in [-0.25, -0.2) is 0 Å². The van der Waals surface area contributed by atoms with Gasteiger partial charge in [-0.1, -0.05) is 296 Å². The Kier molecular flexibility index (Phi) is 52.4. The number of carboxylic acids is 2. The third-order valence-corrected chi connectivity index (χ3v) is 14.6. The standard InChI is InChI=1S/C52H102O7S.2Li/c1-3-5-7-9-11-13-15-17-19-21-23-25-27-29-31-33-35-37-39-41-43-45-47-52(51(55)56,49(50(53)54)60(57,58)59)48-46-44-42-40-38-36-34-32-30-28-26-24-22-20-18-16-14-12-10-8-6-4-2;;/h49H,3-48H2,1-2H3,(H,53,54)(H,55,56)(H,57,58,59);;/q;2*+1/p-2. The molecule has 0 aliphatic carbocycles. The number of carbonyl (C=O) groups excluding carboxylic acids is 2. The normalized spacial score (nSPS) is 12.2. The molecular weight excluding hydrogens is 783 g/mol. The average molecular weight is 883 g/mol. The van der Waals surface area contributed by atoms with Gasteiger partial charge in [-0.15, -0.1) is 0 Å². The van der Waals surface area contributed by atoms with Crippen LogP contribution in [0.5, 0.6) is 0 Å². The number of hydrogen-bond donors (Lipinski definition) is 1. The fourth-order valence-corrected chi connectivity index (χ4v) is 10.6. The van der Waals surface area contributed by atoms with Gasteiger partial charge in [0.2, 0.25) is 0 Å². The van der Waals surface area contributed by atoms with Crippen LogP contribution in [0.4, 0.5) is 0 Å². The summed E-state index contributed by atoms with van der Waals surface area (Å²) in [6.07, 6.45) is 53.7. The van der Waals surface area contributed by atoms with Crippen molar-refractivity contribution < 1.29 is 70.5 Å². The van der Waals surface area contributed by atoms with E-state index in [1.54, 1.807) is 0 Å². The Bertz CT molecular complexity index is 1010. The van der Waals surface area contributed by atoms with Crippen LogP contribution in [0.1, 0.15) is 309 Å². The van der Waals surface area contributed by atoms with E-state index in [2.05, 4.69) is 13.8 Å². The Labute approximate surface area is 409 Å². The average Bonchev–Trinajstić information content (AvgIpc) is 3.20. The van der Waals surface area contributed by atoms with Crippen molar-refractivity contribution in [1.29, 1.82) is 0 Å². The van der Waals surface area contributed by atoms with Crippen molar-refractivity contribution in [3.63, 3.8) is 0 Å². The van der Waals surface area contributed by atoms with E-state index in [1.165, 1.54) is 218 Å². The van der Waals surface area contributed by atoms with Gasteiger partial charge >= 0.3 is 37.7 Å². The molecule has 0 radical (unpaired) electrons. The third kappa shape index (κ3) is 40.3. The van der Waals surface area contributed by atoms with E-state index in [9.17, 15) is 32.8 Å². The second-order valence-electron chi connectivity index (χ2n) is 19.0. The number of hydrogen-bond acceptors (Lipinski definition) is 6. The fourth-order valence-electron chi connectivity index (χ4n) is 9.43. The molecule has 1 atom stereocenters. The van der Waals surface area contributed by atoms with Crippen LogP contribution in [0, 0.1) is 5.41 Å². The van der Waals surface area contributed by atoms with Gasteiger partial charge in [-0.3, -0.25) is 4.55 Å². The van der Waals surface area contributed by atoms with Crippen molar-refractivity contribution in [2.24, 2.45) is 5.41 Å². The first-order valence-electron chi connectivity index (χ1n) is 26.5. The predicted molar refractivity (Wildman–Crippen MR) is 252 cm³/mol. The maximum Gasteiger partial charge on any atom is 1.00 e. The van der Waals surface area contributed by atoms with E-state index in [1.807, 2.05) is 0 Å². The van der Waals surface area contributed by atoms with Crippen LogP contribution in [0.25, 0.3) is 0 Å². The topological polar surface area (TPSA) is 135 Å². The minimum atomic E-state index is -5.20. The van der Waals surface area contributed by atoms with E-state index in [4.69, 9.17) is 0 Å². The zero-order valence-electron chi connectivity index (χ0n) is 41.9. The molecule has 358 valence electrons. The van der Waals surface area contributed by atoms with Crippen molar-refractivity contribution in [2.75, 3.05) is 0 Å². The molecule has 10 heteroatoms. The zero-order chi connectivity index (χ0) is 44.3.